The molecule has 25 heavy (non-hydrogen) atoms. The zero-order valence-electron chi connectivity index (χ0n) is 13.6. The molecule has 2 rings (SSSR count). The second-order valence-corrected chi connectivity index (χ2v) is 5.76. The van der Waals surface area contributed by atoms with Crippen LogP contribution in [-0.2, 0) is 11.0 Å². The van der Waals surface area contributed by atoms with Crippen molar-refractivity contribution in [1.82, 2.24) is 0 Å². The molecular formula is C18H17F3N2O2. The summed E-state index contributed by atoms with van der Waals surface area (Å²) >= 11 is 0. The first kappa shape index (κ1) is 18.5. The van der Waals surface area contributed by atoms with Gasteiger partial charge in [0.15, 0.2) is 0 Å². The number of carbonyl (C=O) groups is 2. The molecule has 0 heterocycles. The Labute approximate surface area is 143 Å². The van der Waals surface area contributed by atoms with Crippen LogP contribution in [0.15, 0.2) is 48.5 Å². The van der Waals surface area contributed by atoms with Crippen molar-refractivity contribution in [1.29, 1.82) is 0 Å². The van der Waals surface area contributed by atoms with Crippen molar-refractivity contribution in [3.8, 4) is 0 Å². The number of carbonyl (C=O) groups excluding carboxylic acids is 2. The van der Waals surface area contributed by atoms with Crippen molar-refractivity contribution in [2.24, 2.45) is 5.92 Å². The van der Waals surface area contributed by atoms with Crippen molar-refractivity contribution in [2.45, 2.75) is 20.0 Å². The highest BCUT2D eigenvalue weighted by molar-refractivity contribution is 6.05. The Morgan fingerprint density at radius 3 is 2.12 bits per heavy atom. The lowest BCUT2D eigenvalue weighted by Crippen LogP contribution is -2.18. The number of hydrogen-bond acceptors (Lipinski definition) is 2. The first-order valence-corrected chi connectivity index (χ1v) is 7.56. The molecule has 0 fully saturated rings. The lowest BCUT2D eigenvalue weighted by atomic mass is 10.1. The Bertz CT molecular complexity index is 786. The van der Waals surface area contributed by atoms with Crippen LogP contribution in [0.4, 0.5) is 24.5 Å². The number of nitrogens with one attached hydrogen (secondary N) is 2. The predicted octanol–water partition coefficient (Wildman–Crippen LogP) is 4.55. The zero-order valence-corrected chi connectivity index (χ0v) is 13.6. The predicted molar refractivity (Wildman–Crippen MR) is 89.3 cm³/mol. The van der Waals surface area contributed by atoms with E-state index in [2.05, 4.69) is 10.6 Å². The van der Waals surface area contributed by atoms with Crippen LogP contribution in [0.5, 0.6) is 0 Å². The summed E-state index contributed by atoms with van der Waals surface area (Å²) in [6, 6.07) is 10.6. The van der Waals surface area contributed by atoms with Gasteiger partial charge in [0.2, 0.25) is 5.91 Å². The van der Waals surface area contributed by atoms with Crippen LogP contribution in [0.2, 0.25) is 0 Å². The van der Waals surface area contributed by atoms with Gasteiger partial charge in [-0.3, -0.25) is 9.59 Å². The van der Waals surface area contributed by atoms with Gasteiger partial charge in [-0.05, 0) is 36.4 Å². The number of amides is 2. The number of alkyl halides is 3. The minimum atomic E-state index is -4.48. The normalized spacial score (nSPS) is 11.3. The fraction of sp³-hybridized carbons (Fsp3) is 0.222. The molecule has 2 aromatic rings. The number of rotatable bonds is 4. The second kappa shape index (κ2) is 7.38. The lowest BCUT2D eigenvalue weighted by molar-refractivity contribution is -0.137. The molecule has 0 bridgehead atoms. The van der Waals surface area contributed by atoms with Crippen LogP contribution in [-0.4, -0.2) is 11.8 Å². The summed E-state index contributed by atoms with van der Waals surface area (Å²) in [5.41, 5.74) is -0.144. The maximum absolute atomic E-state index is 12.7. The summed E-state index contributed by atoms with van der Waals surface area (Å²) in [5, 5.41) is 5.08. The van der Waals surface area contributed by atoms with E-state index < -0.39 is 17.6 Å². The zero-order chi connectivity index (χ0) is 18.6. The van der Waals surface area contributed by atoms with Crippen molar-refractivity contribution in [3.05, 3.63) is 59.7 Å². The maximum atomic E-state index is 12.7. The van der Waals surface area contributed by atoms with Gasteiger partial charge in [-0.15, -0.1) is 0 Å². The lowest BCUT2D eigenvalue weighted by Gasteiger charge is -2.11. The second-order valence-electron chi connectivity index (χ2n) is 5.76. The number of hydrogen-bond donors (Lipinski definition) is 2. The van der Waals surface area contributed by atoms with Gasteiger partial charge in [-0.25, -0.2) is 0 Å². The van der Waals surface area contributed by atoms with E-state index in [0.717, 1.165) is 12.1 Å². The van der Waals surface area contributed by atoms with Crippen LogP contribution >= 0.6 is 0 Å². The van der Waals surface area contributed by atoms with E-state index in [1.807, 2.05) is 0 Å². The molecule has 2 N–H and O–H groups in total. The van der Waals surface area contributed by atoms with E-state index in [9.17, 15) is 22.8 Å². The van der Waals surface area contributed by atoms with Gasteiger partial charge in [0, 0.05) is 22.9 Å². The van der Waals surface area contributed by atoms with Gasteiger partial charge in [0.1, 0.15) is 0 Å². The Hall–Kier alpha value is -2.83. The molecule has 0 saturated heterocycles. The molecular weight excluding hydrogens is 333 g/mol. The quantitative estimate of drug-likeness (QED) is 0.850. The average Bonchev–Trinajstić information content (AvgIpc) is 2.54. The highest BCUT2D eigenvalue weighted by Crippen LogP contribution is 2.30. The van der Waals surface area contributed by atoms with Gasteiger partial charge < -0.3 is 10.6 Å². The van der Waals surface area contributed by atoms with Crippen molar-refractivity contribution < 1.29 is 22.8 Å². The van der Waals surface area contributed by atoms with Gasteiger partial charge in [-0.1, -0.05) is 26.0 Å². The van der Waals surface area contributed by atoms with Gasteiger partial charge in [0.25, 0.3) is 5.91 Å². The molecule has 0 atom stereocenters. The Morgan fingerprint density at radius 1 is 0.920 bits per heavy atom. The van der Waals surface area contributed by atoms with Crippen LogP contribution in [0.1, 0.15) is 29.8 Å². The molecule has 0 aliphatic heterocycles. The number of anilines is 2. The number of benzene rings is 2. The fourth-order valence-electron chi connectivity index (χ4n) is 2.00. The molecule has 2 amide bonds. The average molecular weight is 350 g/mol. The third-order valence-electron chi connectivity index (χ3n) is 3.36. The molecule has 0 saturated carbocycles. The molecule has 0 aromatic heterocycles. The van der Waals surface area contributed by atoms with Crippen molar-refractivity contribution >= 4 is 23.2 Å². The first-order chi connectivity index (χ1) is 11.7. The topological polar surface area (TPSA) is 58.2 Å². The van der Waals surface area contributed by atoms with E-state index in [1.165, 1.54) is 24.3 Å². The van der Waals surface area contributed by atoms with E-state index in [-0.39, 0.29) is 23.1 Å². The van der Waals surface area contributed by atoms with Gasteiger partial charge in [0.05, 0.1) is 5.56 Å². The van der Waals surface area contributed by atoms with Crippen LogP contribution in [0.25, 0.3) is 0 Å². The van der Waals surface area contributed by atoms with Crippen LogP contribution < -0.4 is 10.6 Å². The Morgan fingerprint density at radius 2 is 1.52 bits per heavy atom. The highest BCUT2D eigenvalue weighted by atomic mass is 19.4. The van der Waals surface area contributed by atoms with Gasteiger partial charge in [-0.2, -0.15) is 13.2 Å². The smallest absolute Gasteiger partial charge is 0.326 e. The first-order valence-electron chi connectivity index (χ1n) is 7.56. The molecule has 0 unspecified atom stereocenters. The third-order valence-corrected chi connectivity index (χ3v) is 3.36. The summed E-state index contributed by atoms with van der Waals surface area (Å²) in [6.45, 7) is 3.47. The van der Waals surface area contributed by atoms with Crippen LogP contribution in [0.3, 0.4) is 0 Å². The Kier molecular flexibility index (Phi) is 5.46. The van der Waals surface area contributed by atoms with E-state index >= 15 is 0 Å². The standard InChI is InChI=1S/C18H17F3N2O2/c1-11(2)16(24)22-14-7-3-5-12(9-14)17(25)23-15-8-4-6-13(10-15)18(19,20)21/h3-11H,1-2H3,(H,22,24)(H,23,25). The molecule has 0 aliphatic carbocycles. The molecule has 2 aromatic carbocycles. The molecule has 0 aliphatic rings. The molecule has 0 spiro atoms. The monoisotopic (exact) mass is 350 g/mol. The van der Waals surface area contributed by atoms with Crippen LogP contribution in [0, 0.1) is 5.92 Å². The van der Waals surface area contributed by atoms with E-state index in [4.69, 9.17) is 0 Å². The highest BCUT2D eigenvalue weighted by Gasteiger charge is 2.30. The van der Waals surface area contributed by atoms with Crippen molar-refractivity contribution in [2.75, 3.05) is 10.6 Å². The molecule has 4 nitrogen and oxygen atoms in total. The fourth-order valence-corrected chi connectivity index (χ4v) is 2.00. The van der Waals surface area contributed by atoms with Gasteiger partial charge >= 0.3 is 6.18 Å². The Balaban J connectivity index is 2.15. The van der Waals surface area contributed by atoms with E-state index in [0.29, 0.717) is 5.69 Å². The van der Waals surface area contributed by atoms with E-state index in [1.54, 1.807) is 26.0 Å². The SMILES string of the molecule is CC(C)C(=O)Nc1cccc(C(=O)Nc2cccc(C(F)(F)F)c2)c1. The minimum absolute atomic E-state index is 0.0384. The molecule has 7 heteroatoms. The molecule has 0 radical (unpaired) electrons. The summed E-state index contributed by atoms with van der Waals surface area (Å²) in [5.74, 6) is -0.988. The summed E-state index contributed by atoms with van der Waals surface area (Å²) in [6.07, 6.45) is -4.48. The maximum Gasteiger partial charge on any atom is 0.416 e. The van der Waals surface area contributed by atoms with Crippen molar-refractivity contribution in [3.63, 3.8) is 0 Å². The number of halogens is 3. The summed E-state index contributed by atoms with van der Waals surface area (Å²) in [7, 11) is 0. The summed E-state index contributed by atoms with van der Waals surface area (Å²) in [4.78, 5) is 23.9. The minimum Gasteiger partial charge on any atom is -0.326 e. The molecule has 132 valence electrons. The largest absolute Gasteiger partial charge is 0.416 e. The third kappa shape index (κ3) is 5.07. The summed E-state index contributed by atoms with van der Waals surface area (Å²) < 4.78 is 38.1.